The molecule has 0 radical (unpaired) electrons. The Morgan fingerprint density at radius 2 is 0.875 bits per heavy atom. The molecule has 0 heterocycles. The van der Waals surface area contributed by atoms with Gasteiger partial charge in [-0.3, -0.25) is 0 Å². The fraction of sp³-hybridized carbons (Fsp3) is 0. The van der Waals surface area contributed by atoms with E-state index in [0.717, 1.165) is 27.0 Å². The van der Waals surface area contributed by atoms with Crippen molar-refractivity contribution in [1.82, 2.24) is 0 Å². The number of hydrogen-bond acceptors (Lipinski definition) is 0. The molecule has 6 heteroatoms. The van der Waals surface area contributed by atoms with Crippen LogP contribution in [0.15, 0.2) is 36.4 Å². The molecule has 0 saturated carbocycles. The fourth-order valence-electron chi connectivity index (χ4n) is 3.00. The van der Waals surface area contributed by atoms with Gasteiger partial charge in [-0.05, 0) is 0 Å². The van der Waals surface area contributed by atoms with Crippen molar-refractivity contribution in [2.75, 3.05) is 0 Å². The van der Waals surface area contributed by atoms with Crippen LogP contribution in [-0.4, -0.2) is 62.3 Å². The first-order valence-corrected chi connectivity index (χ1v) is 11.1. The van der Waals surface area contributed by atoms with Crippen molar-refractivity contribution in [1.29, 1.82) is 0 Å². The van der Waals surface area contributed by atoms with Gasteiger partial charge in [0, 0.05) is 0 Å². The second kappa shape index (κ2) is 6.49. The van der Waals surface area contributed by atoms with Gasteiger partial charge in [-0.15, -0.1) is 0 Å². The van der Waals surface area contributed by atoms with Gasteiger partial charge < -0.3 is 0 Å². The molecule has 0 atom stereocenters. The van der Waals surface area contributed by atoms with Gasteiger partial charge in [0.05, 0.1) is 0 Å². The van der Waals surface area contributed by atoms with Crippen LogP contribution < -0.4 is 0 Å². The van der Waals surface area contributed by atoms with E-state index in [1.54, 1.807) is 0 Å². The second-order valence-electron chi connectivity index (χ2n) is 5.42. The molecule has 0 unspecified atom stereocenters. The predicted octanol–water partition coefficient (Wildman–Crippen LogP) is 3.70. The van der Waals surface area contributed by atoms with Crippen LogP contribution in [0.5, 0.6) is 0 Å². The van der Waals surface area contributed by atoms with Crippen molar-refractivity contribution in [3.63, 3.8) is 0 Å². The molecule has 4 rings (SSSR count). The summed E-state index contributed by atoms with van der Waals surface area (Å²) in [5, 5.41) is 8.00. The number of benzene rings is 2. The van der Waals surface area contributed by atoms with Gasteiger partial charge in [-0.1, -0.05) is 0 Å². The Morgan fingerprint density at radius 3 is 1.25 bits per heavy atom. The molecule has 2 aliphatic carbocycles. The zero-order chi connectivity index (χ0) is 17.2. The topological polar surface area (TPSA) is 0 Å². The summed E-state index contributed by atoms with van der Waals surface area (Å²) in [5.41, 5.74) is 0. The summed E-state index contributed by atoms with van der Waals surface area (Å²) in [6, 6.07) is 12.3. The van der Waals surface area contributed by atoms with Crippen molar-refractivity contribution in [3.05, 3.63) is 73.1 Å². The third-order valence-corrected chi connectivity index (χ3v) is 8.41. The Kier molecular flexibility index (Phi) is 4.79. The van der Waals surface area contributed by atoms with Gasteiger partial charge in [-0.25, -0.2) is 0 Å². The Balaban J connectivity index is 2.56. The van der Waals surface area contributed by atoms with E-state index in [-0.39, 0.29) is 0 Å². The number of rotatable bonds is 0. The normalized spacial score (nSPS) is 11.6. The molecule has 24 heavy (non-hydrogen) atoms. The maximum atomic E-state index is 6.26. The summed E-state index contributed by atoms with van der Waals surface area (Å²) in [4.78, 5) is 0. The van der Waals surface area contributed by atoms with Gasteiger partial charge in [0.15, 0.2) is 0 Å². The first kappa shape index (κ1) is 17.7. The second-order valence-corrected chi connectivity index (χ2v) is 9.66. The van der Waals surface area contributed by atoms with Crippen molar-refractivity contribution >= 4 is 107 Å². The van der Waals surface area contributed by atoms with E-state index < -0.39 is 0 Å². The molecule has 0 saturated heterocycles. The number of halogens is 2. The van der Waals surface area contributed by atoms with Crippen LogP contribution in [0.25, 0.3) is 21.5 Å². The summed E-state index contributed by atoms with van der Waals surface area (Å²) < 4.78 is 4.43. The molecule has 0 spiro atoms. The van der Waals surface area contributed by atoms with Crippen LogP contribution in [0.3, 0.4) is 0 Å². The minimum atomic E-state index is 0.560. The Bertz CT molecular complexity index is 1340. The van der Waals surface area contributed by atoms with E-state index in [1.807, 2.05) is 12.1 Å². The summed E-state index contributed by atoms with van der Waals surface area (Å²) in [6.07, 6.45) is 0. The Morgan fingerprint density at radius 1 is 0.542 bits per heavy atom. The van der Waals surface area contributed by atoms with Crippen molar-refractivity contribution in [2.45, 2.75) is 0 Å². The SMILES string of the molecule is Clc1cc2c(=[Se])c3c(=[Se])c4ccccc4c(=[Se])c=3c(=[Se])c2cc1Cl. The third-order valence-electron chi connectivity index (χ3n) is 4.12. The Hall–Kier alpha value is 0.318. The van der Waals surface area contributed by atoms with Gasteiger partial charge in [0.25, 0.3) is 0 Å². The van der Waals surface area contributed by atoms with Crippen LogP contribution in [0, 0.1) is 26.7 Å². The molecular formula is C18H6Cl2Se4. The van der Waals surface area contributed by atoms with Gasteiger partial charge in [0.2, 0.25) is 0 Å². The van der Waals surface area contributed by atoms with Crippen molar-refractivity contribution < 1.29 is 0 Å². The number of fused-ring (bicyclic) bond motifs is 2. The van der Waals surface area contributed by atoms with Crippen LogP contribution in [0.4, 0.5) is 0 Å². The average Bonchev–Trinajstić information content (AvgIpc) is 2.57. The zero-order valence-corrected chi connectivity index (χ0v) is 20.2. The first-order valence-electron chi connectivity index (χ1n) is 6.93. The molecule has 2 aromatic carbocycles. The Labute approximate surface area is 178 Å². The molecule has 0 bridgehead atoms. The van der Waals surface area contributed by atoms with E-state index in [0.29, 0.717) is 10.0 Å². The molecule has 116 valence electrons. The van der Waals surface area contributed by atoms with E-state index in [9.17, 15) is 0 Å². The van der Waals surface area contributed by atoms with E-state index in [1.165, 1.54) is 21.2 Å². The molecule has 0 aromatic heterocycles. The van der Waals surface area contributed by atoms with Gasteiger partial charge in [0.1, 0.15) is 0 Å². The van der Waals surface area contributed by atoms with Crippen LogP contribution >= 0.6 is 23.2 Å². The number of hydrogen-bond donors (Lipinski definition) is 0. The monoisotopic (exact) mass is 612 g/mol. The molecular weight excluding hydrogens is 603 g/mol. The standard InChI is InChI=1S/C18H6Cl2Se4/c19-11-5-9-10(6-12(11)20)18(24)14-13(17(9)23)15(21)7-3-1-2-4-8(7)16(14)22/h1-6H. The van der Waals surface area contributed by atoms with Crippen LogP contribution in [-0.2, 0) is 0 Å². The molecule has 0 aliphatic heterocycles. The van der Waals surface area contributed by atoms with Crippen LogP contribution in [0.2, 0.25) is 10.0 Å². The summed E-state index contributed by atoms with van der Waals surface area (Å²) in [7, 11) is 0. The molecule has 0 amide bonds. The van der Waals surface area contributed by atoms with E-state index >= 15 is 0 Å². The maximum absolute atomic E-state index is 6.26. The van der Waals surface area contributed by atoms with Crippen molar-refractivity contribution in [3.8, 4) is 0 Å². The molecule has 0 N–H and O–H groups in total. The zero-order valence-electron chi connectivity index (χ0n) is 11.9. The molecule has 0 fully saturated rings. The third kappa shape index (κ3) is 2.53. The molecule has 2 aromatic rings. The first-order chi connectivity index (χ1) is 11.4. The van der Waals surface area contributed by atoms with Gasteiger partial charge in [-0.2, -0.15) is 0 Å². The van der Waals surface area contributed by atoms with Gasteiger partial charge >= 0.3 is 180 Å². The molecule has 0 nitrogen and oxygen atoms in total. The quantitative estimate of drug-likeness (QED) is 0.267. The van der Waals surface area contributed by atoms with E-state index in [4.69, 9.17) is 23.2 Å². The summed E-state index contributed by atoms with van der Waals surface area (Å²) >= 11 is 25.5. The molecule has 2 aliphatic rings. The minimum absolute atomic E-state index is 0.560. The predicted molar refractivity (Wildman–Crippen MR) is 105 cm³/mol. The average molecular weight is 609 g/mol. The van der Waals surface area contributed by atoms with E-state index in [2.05, 4.69) is 86.6 Å². The van der Waals surface area contributed by atoms with Crippen LogP contribution in [0.1, 0.15) is 0 Å². The summed E-state index contributed by atoms with van der Waals surface area (Å²) in [5.74, 6) is 0. The van der Waals surface area contributed by atoms with Crippen molar-refractivity contribution in [2.24, 2.45) is 0 Å². The summed E-state index contributed by atoms with van der Waals surface area (Å²) in [6.45, 7) is 0. The fourth-order valence-corrected chi connectivity index (χ4v) is 7.15.